The maximum absolute atomic E-state index is 13.9. The summed E-state index contributed by atoms with van der Waals surface area (Å²) < 4.78 is 11.2. The van der Waals surface area contributed by atoms with E-state index >= 15 is 0 Å². The van der Waals surface area contributed by atoms with Crippen LogP contribution < -0.4 is 0 Å². The van der Waals surface area contributed by atoms with E-state index in [0.29, 0.717) is 17.9 Å². The highest BCUT2D eigenvalue weighted by molar-refractivity contribution is 6.30. The smallest absolute Gasteiger partial charge is 0.417 e. The number of hydrogen-bond acceptors (Lipinski definition) is 5. The molecule has 2 aliphatic heterocycles. The average molecular weight is 483 g/mol. The Hall–Kier alpha value is -3.06. The van der Waals surface area contributed by atoms with Gasteiger partial charge in [0.25, 0.3) is 0 Å². The topological polar surface area (TPSA) is 105 Å². The van der Waals surface area contributed by atoms with E-state index in [4.69, 9.17) is 21.1 Å². The first-order valence-corrected chi connectivity index (χ1v) is 11.8. The van der Waals surface area contributed by atoms with Crippen LogP contribution in [0.2, 0.25) is 5.02 Å². The summed E-state index contributed by atoms with van der Waals surface area (Å²) in [7, 11) is 0. The second-order valence-corrected chi connectivity index (χ2v) is 9.36. The van der Waals surface area contributed by atoms with Crippen LogP contribution in [0.5, 0.6) is 0 Å². The summed E-state index contributed by atoms with van der Waals surface area (Å²) in [6, 6.07) is 14.7. The van der Waals surface area contributed by atoms with Crippen molar-refractivity contribution in [3.05, 3.63) is 81.2 Å². The zero-order valence-electron chi connectivity index (χ0n) is 19.1. The van der Waals surface area contributed by atoms with Gasteiger partial charge in [-0.3, -0.25) is 4.79 Å². The van der Waals surface area contributed by atoms with E-state index < -0.39 is 30.0 Å². The third-order valence-corrected chi connectivity index (χ3v) is 6.81. The first kappa shape index (κ1) is 24.1. The van der Waals surface area contributed by atoms with Crippen LogP contribution in [0.25, 0.3) is 10.4 Å². The maximum atomic E-state index is 13.9. The van der Waals surface area contributed by atoms with Crippen molar-refractivity contribution in [1.82, 2.24) is 4.90 Å². The molecular weight excluding hydrogens is 456 g/mol. The highest BCUT2D eigenvalue weighted by Gasteiger charge is 2.46. The lowest BCUT2D eigenvalue weighted by atomic mass is 9.74. The number of halogens is 1. The van der Waals surface area contributed by atoms with Gasteiger partial charge >= 0.3 is 6.09 Å². The predicted octanol–water partition coefficient (Wildman–Crippen LogP) is 6.03. The molecule has 0 radical (unpaired) electrons. The summed E-state index contributed by atoms with van der Waals surface area (Å²) in [6.45, 7) is 4.04. The quantitative estimate of drug-likeness (QED) is 0.285. The molecule has 8 nitrogen and oxygen atoms in total. The summed E-state index contributed by atoms with van der Waals surface area (Å²) in [5.41, 5.74) is 11.0. The van der Waals surface area contributed by atoms with Gasteiger partial charge in [0, 0.05) is 15.9 Å². The number of hydrogen-bond donors (Lipinski definition) is 0. The molecule has 178 valence electrons. The molecule has 0 bridgehead atoms. The Balaban J connectivity index is 1.75. The first-order chi connectivity index (χ1) is 16.4. The summed E-state index contributed by atoms with van der Waals surface area (Å²) in [4.78, 5) is 30.7. The number of benzene rings is 2. The van der Waals surface area contributed by atoms with Crippen molar-refractivity contribution in [2.45, 2.75) is 56.9 Å². The lowest BCUT2D eigenvalue weighted by Gasteiger charge is -2.39. The molecule has 2 aromatic carbocycles. The van der Waals surface area contributed by atoms with E-state index in [-0.39, 0.29) is 24.7 Å². The Morgan fingerprint density at radius 1 is 1.12 bits per heavy atom. The second-order valence-electron chi connectivity index (χ2n) is 8.93. The Labute approximate surface area is 203 Å². The molecule has 2 saturated heterocycles. The predicted molar refractivity (Wildman–Crippen MR) is 127 cm³/mol. The Kier molecular flexibility index (Phi) is 7.41. The minimum absolute atomic E-state index is 0.00632. The number of cyclic esters (lactones) is 1. The van der Waals surface area contributed by atoms with Crippen LogP contribution in [-0.4, -0.2) is 41.8 Å². The van der Waals surface area contributed by atoms with E-state index in [1.54, 1.807) is 12.1 Å². The van der Waals surface area contributed by atoms with E-state index in [2.05, 4.69) is 10.0 Å². The van der Waals surface area contributed by atoms with Crippen LogP contribution in [-0.2, 0) is 14.3 Å². The van der Waals surface area contributed by atoms with Crippen molar-refractivity contribution in [2.24, 2.45) is 11.0 Å². The van der Waals surface area contributed by atoms with Crippen LogP contribution in [0.15, 0.2) is 59.7 Å². The van der Waals surface area contributed by atoms with Crippen molar-refractivity contribution >= 4 is 23.6 Å². The zero-order valence-corrected chi connectivity index (χ0v) is 19.8. The minimum Gasteiger partial charge on any atom is -0.446 e. The molecular formula is C25H27ClN4O4. The fraction of sp³-hybridized carbons (Fsp3) is 0.440. The minimum atomic E-state index is -1.13. The summed E-state index contributed by atoms with van der Waals surface area (Å²) in [5.74, 6) is -1.03. The SMILES string of the molecule is C[C@@H]1C[C@H]([C@H](c2ccc(Cl)cc2)C(N=[N+]=[N-])C(=O)N2C(=O)OC[C@@H]2c2ccccc2)C[C@H](C)O1. The molecule has 0 spiro atoms. The van der Waals surface area contributed by atoms with E-state index in [0.717, 1.165) is 16.0 Å². The molecule has 6 atom stereocenters. The van der Waals surface area contributed by atoms with Crippen molar-refractivity contribution in [3.63, 3.8) is 0 Å². The van der Waals surface area contributed by atoms with Gasteiger partial charge in [0.05, 0.1) is 12.2 Å². The standard InChI is InChI=1S/C25H27ClN4O4/c1-15-12-19(13-16(2)34-15)22(18-8-10-20(26)11-9-18)23(28-29-27)24(31)30-21(14-33-25(30)32)17-6-4-3-5-7-17/h3-11,15-16,19,21-23H,12-14H2,1-2H3/t15-,16+,19+,21-,22+,23?/m1/s1. The fourth-order valence-electron chi connectivity index (χ4n) is 5.21. The third kappa shape index (κ3) is 5.04. The second kappa shape index (κ2) is 10.5. The third-order valence-electron chi connectivity index (χ3n) is 6.56. The molecule has 2 heterocycles. The molecule has 0 aromatic heterocycles. The number of azide groups is 1. The van der Waals surface area contributed by atoms with Gasteiger partial charge in [-0.1, -0.05) is 59.2 Å². The fourth-order valence-corrected chi connectivity index (χ4v) is 5.33. The van der Waals surface area contributed by atoms with Crippen molar-refractivity contribution in [1.29, 1.82) is 0 Å². The van der Waals surface area contributed by atoms with Gasteiger partial charge in [0.15, 0.2) is 0 Å². The number of nitrogens with zero attached hydrogens (tertiary/aromatic N) is 4. The monoisotopic (exact) mass is 482 g/mol. The maximum Gasteiger partial charge on any atom is 0.417 e. The largest absolute Gasteiger partial charge is 0.446 e. The number of carbonyl (C=O) groups excluding carboxylic acids is 2. The van der Waals surface area contributed by atoms with Crippen molar-refractivity contribution in [2.75, 3.05) is 6.61 Å². The number of rotatable bonds is 6. The zero-order chi connectivity index (χ0) is 24.2. The first-order valence-electron chi connectivity index (χ1n) is 11.4. The number of amides is 2. The van der Waals surface area contributed by atoms with Gasteiger partial charge in [0.2, 0.25) is 5.91 Å². The normalized spacial score (nSPS) is 26.3. The summed E-state index contributed by atoms with van der Waals surface area (Å²) in [6.07, 6.45) is 0.614. The molecule has 2 aromatic rings. The summed E-state index contributed by atoms with van der Waals surface area (Å²) >= 11 is 6.12. The van der Waals surface area contributed by atoms with Gasteiger partial charge in [-0.25, -0.2) is 9.69 Å². The lowest BCUT2D eigenvalue weighted by Crippen LogP contribution is -2.46. The van der Waals surface area contributed by atoms with Gasteiger partial charge in [-0.05, 0) is 61.4 Å². The molecule has 0 saturated carbocycles. The van der Waals surface area contributed by atoms with Crippen molar-refractivity contribution in [3.8, 4) is 0 Å². The van der Waals surface area contributed by atoms with Crippen LogP contribution in [0.1, 0.15) is 49.8 Å². The molecule has 2 fully saturated rings. The van der Waals surface area contributed by atoms with E-state index in [1.807, 2.05) is 56.3 Å². The molecule has 34 heavy (non-hydrogen) atoms. The van der Waals surface area contributed by atoms with Crippen LogP contribution >= 0.6 is 11.6 Å². The molecule has 2 amide bonds. The Morgan fingerprint density at radius 3 is 2.38 bits per heavy atom. The lowest BCUT2D eigenvalue weighted by molar-refractivity contribution is -0.132. The highest BCUT2D eigenvalue weighted by atomic mass is 35.5. The number of imide groups is 1. The van der Waals surface area contributed by atoms with Crippen LogP contribution in [0.4, 0.5) is 4.79 Å². The van der Waals surface area contributed by atoms with Gasteiger partial charge in [0.1, 0.15) is 18.7 Å². The molecule has 0 N–H and O–H groups in total. The Morgan fingerprint density at radius 2 is 1.76 bits per heavy atom. The van der Waals surface area contributed by atoms with E-state index in [1.165, 1.54) is 0 Å². The van der Waals surface area contributed by atoms with Crippen LogP contribution in [0, 0.1) is 5.92 Å². The number of carbonyl (C=O) groups is 2. The molecule has 0 aliphatic carbocycles. The van der Waals surface area contributed by atoms with Gasteiger partial charge in [-0.15, -0.1) is 0 Å². The molecule has 4 rings (SSSR count). The number of ether oxygens (including phenoxy) is 2. The van der Waals surface area contributed by atoms with E-state index in [9.17, 15) is 15.1 Å². The Bertz CT molecular complexity index is 1060. The molecule has 1 unspecified atom stereocenters. The molecule has 9 heteroatoms. The van der Waals surface area contributed by atoms with Gasteiger partial charge in [-0.2, -0.15) is 0 Å². The average Bonchev–Trinajstić information content (AvgIpc) is 3.21. The van der Waals surface area contributed by atoms with Crippen LogP contribution in [0.3, 0.4) is 0 Å². The highest BCUT2D eigenvalue weighted by Crippen LogP contribution is 2.42. The van der Waals surface area contributed by atoms with Gasteiger partial charge < -0.3 is 9.47 Å². The van der Waals surface area contributed by atoms with Crippen molar-refractivity contribution < 1.29 is 19.1 Å². The summed E-state index contributed by atoms with van der Waals surface area (Å²) in [5, 5.41) is 4.53. The molecule has 2 aliphatic rings.